The third-order valence-corrected chi connectivity index (χ3v) is 5.06. The smallest absolute Gasteiger partial charge is 0.186 e. The van der Waals surface area contributed by atoms with Gasteiger partial charge in [0.05, 0.1) is 12.3 Å². The van der Waals surface area contributed by atoms with Crippen LogP contribution in [-0.4, -0.2) is 56.8 Å². The zero-order chi connectivity index (χ0) is 14.5. The molecule has 6 heteroatoms. The van der Waals surface area contributed by atoms with Crippen LogP contribution in [0.3, 0.4) is 0 Å². The summed E-state index contributed by atoms with van der Waals surface area (Å²) in [6.07, 6.45) is 1.19. The van der Waals surface area contributed by atoms with Gasteiger partial charge >= 0.3 is 0 Å². The average molecular weight is 298 g/mol. The normalized spacial score (nSPS) is 20.6. The van der Waals surface area contributed by atoms with Crippen molar-refractivity contribution in [3.05, 3.63) is 10.6 Å². The fourth-order valence-corrected chi connectivity index (χ4v) is 3.72. The number of hydrogen-bond acceptors (Lipinski definition) is 6. The minimum Gasteiger partial charge on any atom is -0.378 e. The van der Waals surface area contributed by atoms with E-state index in [1.165, 1.54) is 11.3 Å². The second-order valence-corrected chi connectivity index (χ2v) is 6.38. The molecule has 1 saturated heterocycles. The number of nitrogens with zero attached hydrogens (tertiary/aromatic N) is 3. The molecule has 5 nitrogen and oxygen atoms in total. The fraction of sp³-hybridized carbons (Fsp3) is 0.786. The highest BCUT2D eigenvalue weighted by atomic mass is 32.1. The molecule has 0 bridgehead atoms. The molecule has 20 heavy (non-hydrogen) atoms. The van der Waals surface area contributed by atoms with Gasteiger partial charge in [0, 0.05) is 44.2 Å². The standard InChI is InChI=1S/C14H26N4OS/c1-5-11-9-18(7-6-17(11)3)14-16-12(10-19-4)13(20-14)8-15-2/h11,15H,5-10H2,1-4H3. The van der Waals surface area contributed by atoms with Crippen molar-refractivity contribution >= 4 is 16.5 Å². The van der Waals surface area contributed by atoms with Crippen LogP contribution in [-0.2, 0) is 17.9 Å². The van der Waals surface area contributed by atoms with Gasteiger partial charge in [-0.15, -0.1) is 11.3 Å². The Morgan fingerprint density at radius 3 is 2.90 bits per heavy atom. The maximum Gasteiger partial charge on any atom is 0.186 e. The van der Waals surface area contributed by atoms with Crippen molar-refractivity contribution in [1.29, 1.82) is 0 Å². The molecule has 1 aliphatic rings. The van der Waals surface area contributed by atoms with Crippen molar-refractivity contribution in [1.82, 2.24) is 15.2 Å². The predicted octanol–water partition coefficient (Wildman–Crippen LogP) is 1.54. The maximum absolute atomic E-state index is 5.26. The van der Waals surface area contributed by atoms with Gasteiger partial charge in [0.25, 0.3) is 0 Å². The second-order valence-electron chi connectivity index (χ2n) is 5.32. The van der Waals surface area contributed by atoms with E-state index in [0.29, 0.717) is 12.6 Å². The summed E-state index contributed by atoms with van der Waals surface area (Å²) in [4.78, 5) is 11.0. The molecule has 2 rings (SSSR count). The first-order valence-corrected chi connectivity index (χ1v) is 8.08. The number of ether oxygens (including phenoxy) is 1. The number of likely N-dealkylation sites (N-methyl/N-ethyl adjacent to an activating group) is 1. The number of methoxy groups -OCH3 is 1. The SMILES string of the molecule is CCC1CN(c2nc(COC)c(CNC)s2)CCN1C. The summed E-state index contributed by atoms with van der Waals surface area (Å²) in [5.74, 6) is 0. The maximum atomic E-state index is 5.26. The summed E-state index contributed by atoms with van der Waals surface area (Å²) >= 11 is 1.80. The number of nitrogens with one attached hydrogen (secondary N) is 1. The van der Waals surface area contributed by atoms with E-state index in [-0.39, 0.29) is 0 Å². The average Bonchev–Trinajstić information content (AvgIpc) is 2.83. The molecule has 1 aromatic rings. The molecule has 1 atom stereocenters. The molecule has 0 aromatic carbocycles. The Bertz CT molecular complexity index is 400. The van der Waals surface area contributed by atoms with E-state index in [0.717, 1.165) is 37.0 Å². The summed E-state index contributed by atoms with van der Waals surface area (Å²) in [6.45, 7) is 6.96. The molecule has 0 radical (unpaired) electrons. The van der Waals surface area contributed by atoms with Crippen molar-refractivity contribution in [3.8, 4) is 0 Å². The van der Waals surface area contributed by atoms with E-state index in [2.05, 4.69) is 29.1 Å². The van der Waals surface area contributed by atoms with Crippen molar-refractivity contribution in [2.24, 2.45) is 0 Å². The molecular formula is C14H26N4OS. The summed E-state index contributed by atoms with van der Waals surface area (Å²) in [7, 11) is 5.92. The van der Waals surface area contributed by atoms with Crippen molar-refractivity contribution in [2.75, 3.05) is 45.7 Å². The van der Waals surface area contributed by atoms with Gasteiger partial charge in [-0.2, -0.15) is 0 Å². The van der Waals surface area contributed by atoms with Crippen LogP contribution in [0.5, 0.6) is 0 Å². The first-order valence-electron chi connectivity index (χ1n) is 7.26. The van der Waals surface area contributed by atoms with Gasteiger partial charge in [0.1, 0.15) is 0 Å². The Morgan fingerprint density at radius 2 is 2.25 bits per heavy atom. The highest BCUT2D eigenvalue weighted by Gasteiger charge is 2.25. The third kappa shape index (κ3) is 3.49. The number of thiazole rings is 1. The minimum absolute atomic E-state index is 0.596. The van der Waals surface area contributed by atoms with E-state index < -0.39 is 0 Å². The van der Waals surface area contributed by atoms with Crippen LogP contribution in [0.2, 0.25) is 0 Å². The lowest BCUT2D eigenvalue weighted by molar-refractivity contribution is 0.181. The highest BCUT2D eigenvalue weighted by Crippen LogP contribution is 2.28. The molecule has 1 aromatic heterocycles. The minimum atomic E-state index is 0.596. The topological polar surface area (TPSA) is 40.6 Å². The van der Waals surface area contributed by atoms with E-state index >= 15 is 0 Å². The molecule has 0 saturated carbocycles. The number of rotatable bonds is 6. The fourth-order valence-electron chi connectivity index (χ4n) is 2.61. The monoisotopic (exact) mass is 298 g/mol. The number of hydrogen-bond donors (Lipinski definition) is 1. The van der Waals surface area contributed by atoms with Crippen molar-refractivity contribution < 1.29 is 4.74 Å². The van der Waals surface area contributed by atoms with Crippen LogP contribution in [0, 0.1) is 0 Å². The third-order valence-electron chi connectivity index (χ3n) is 3.90. The van der Waals surface area contributed by atoms with E-state index in [4.69, 9.17) is 9.72 Å². The molecule has 0 amide bonds. The van der Waals surface area contributed by atoms with Crippen LogP contribution < -0.4 is 10.2 Å². The number of aromatic nitrogens is 1. The summed E-state index contributed by atoms with van der Waals surface area (Å²) in [5.41, 5.74) is 1.08. The zero-order valence-electron chi connectivity index (χ0n) is 13.0. The van der Waals surface area contributed by atoms with Gasteiger partial charge in [0.2, 0.25) is 0 Å². The molecule has 1 N–H and O–H groups in total. The van der Waals surface area contributed by atoms with Gasteiger partial charge < -0.3 is 15.0 Å². The van der Waals surface area contributed by atoms with Crippen LogP contribution in [0.25, 0.3) is 0 Å². The quantitative estimate of drug-likeness (QED) is 0.863. The van der Waals surface area contributed by atoms with E-state index in [1.807, 2.05) is 7.05 Å². The van der Waals surface area contributed by atoms with Crippen LogP contribution in [0.15, 0.2) is 0 Å². The Labute approximate surface area is 125 Å². The van der Waals surface area contributed by atoms with Gasteiger partial charge in [-0.25, -0.2) is 4.98 Å². The molecule has 0 spiro atoms. The lowest BCUT2D eigenvalue weighted by Gasteiger charge is -2.39. The molecule has 2 heterocycles. The number of anilines is 1. The Hall–Kier alpha value is -0.690. The molecular weight excluding hydrogens is 272 g/mol. The molecule has 1 fully saturated rings. The van der Waals surface area contributed by atoms with E-state index in [1.54, 1.807) is 18.4 Å². The highest BCUT2D eigenvalue weighted by molar-refractivity contribution is 7.15. The van der Waals surface area contributed by atoms with Crippen molar-refractivity contribution in [3.63, 3.8) is 0 Å². The van der Waals surface area contributed by atoms with Gasteiger partial charge in [-0.1, -0.05) is 6.92 Å². The van der Waals surface area contributed by atoms with Gasteiger partial charge in [0.15, 0.2) is 5.13 Å². The number of piperazine rings is 1. The molecule has 1 aliphatic heterocycles. The Morgan fingerprint density at radius 1 is 1.45 bits per heavy atom. The first kappa shape index (κ1) is 15.7. The Kier molecular flexibility index (Phi) is 5.77. The lowest BCUT2D eigenvalue weighted by Crippen LogP contribution is -2.51. The Balaban J connectivity index is 2.13. The van der Waals surface area contributed by atoms with Crippen LogP contribution in [0.1, 0.15) is 23.9 Å². The van der Waals surface area contributed by atoms with Gasteiger partial charge in [-0.3, -0.25) is 4.90 Å². The summed E-state index contributed by atoms with van der Waals surface area (Å²) in [5, 5.41) is 4.36. The van der Waals surface area contributed by atoms with Crippen LogP contribution in [0.4, 0.5) is 5.13 Å². The molecule has 0 aliphatic carbocycles. The first-order chi connectivity index (χ1) is 9.69. The van der Waals surface area contributed by atoms with Crippen LogP contribution >= 0.6 is 11.3 Å². The lowest BCUT2D eigenvalue weighted by atomic mass is 10.1. The van der Waals surface area contributed by atoms with Crippen molar-refractivity contribution in [2.45, 2.75) is 32.5 Å². The molecule has 114 valence electrons. The second kappa shape index (κ2) is 7.36. The molecule has 1 unspecified atom stereocenters. The largest absolute Gasteiger partial charge is 0.378 e. The zero-order valence-corrected chi connectivity index (χ0v) is 13.8. The summed E-state index contributed by atoms with van der Waals surface area (Å²) in [6, 6.07) is 0.631. The van der Waals surface area contributed by atoms with Gasteiger partial charge in [-0.05, 0) is 20.5 Å². The predicted molar refractivity (Wildman–Crippen MR) is 84.5 cm³/mol. The van der Waals surface area contributed by atoms with E-state index in [9.17, 15) is 0 Å². The summed E-state index contributed by atoms with van der Waals surface area (Å²) < 4.78 is 5.26.